The van der Waals surface area contributed by atoms with E-state index in [9.17, 15) is 13.6 Å². The van der Waals surface area contributed by atoms with Gasteiger partial charge in [-0.1, -0.05) is 15.9 Å². The molecule has 1 amide bonds. The van der Waals surface area contributed by atoms with E-state index in [4.69, 9.17) is 11.5 Å². The van der Waals surface area contributed by atoms with Crippen LogP contribution < -0.4 is 16.8 Å². The number of hydrogen-bond donors (Lipinski definition) is 3. The molecule has 0 aliphatic rings. The van der Waals surface area contributed by atoms with Gasteiger partial charge in [-0.25, -0.2) is 8.78 Å². The molecule has 0 fully saturated rings. The number of amides is 1. The number of carbonyl (C=O) groups is 1. The Balaban J connectivity index is 2.50. The molecule has 0 saturated carbocycles. The molecule has 0 spiro atoms. The number of hydrogen-bond acceptors (Lipinski definition) is 3. The van der Waals surface area contributed by atoms with Crippen molar-refractivity contribution in [3.63, 3.8) is 0 Å². The third kappa shape index (κ3) is 2.88. The molecule has 0 aliphatic heterocycles. The summed E-state index contributed by atoms with van der Waals surface area (Å²) in [6, 6.07) is 6.43. The number of nitrogens with one attached hydrogen (secondary N) is 1. The molecule has 0 atom stereocenters. The van der Waals surface area contributed by atoms with Gasteiger partial charge in [0.1, 0.15) is 5.69 Å². The molecule has 104 valence electrons. The molecule has 0 bridgehead atoms. The Bertz CT molecular complexity index is 668. The first kappa shape index (κ1) is 14.3. The van der Waals surface area contributed by atoms with Crippen molar-refractivity contribution in [3.8, 4) is 0 Å². The molecule has 0 saturated heterocycles. The van der Waals surface area contributed by atoms with Crippen molar-refractivity contribution in [2.75, 3.05) is 11.1 Å². The molecule has 7 heteroatoms. The molecule has 2 rings (SSSR count). The lowest BCUT2D eigenvalue weighted by Crippen LogP contribution is -2.14. The zero-order valence-corrected chi connectivity index (χ0v) is 11.7. The molecule has 2 aromatic rings. The fraction of sp³-hybridized carbons (Fsp3) is 0. The maximum Gasteiger partial charge on any atom is 0.250 e. The van der Waals surface area contributed by atoms with Gasteiger partial charge in [0.05, 0.1) is 11.3 Å². The van der Waals surface area contributed by atoms with Crippen molar-refractivity contribution >= 4 is 38.9 Å². The van der Waals surface area contributed by atoms with E-state index in [1.807, 2.05) is 0 Å². The Hall–Kier alpha value is -2.15. The van der Waals surface area contributed by atoms with Crippen LogP contribution in [0.2, 0.25) is 0 Å². The average Bonchev–Trinajstić information content (AvgIpc) is 2.33. The average molecular weight is 342 g/mol. The summed E-state index contributed by atoms with van der Waals surface area (Å²) in [5.41, 5.74) is 11.0. The van der Waals surface area contributed by atoms with Crippen LogP contribution in [-0.4, -0.2) is 5.91 Å². The third-order valence-corrected chi connectivity index (χ3v) is 3.03. The number of carbonyl (C=O) groups excluding carboxylic acids is 1. The van der Waals surface area contributed by atoms with Crippen molar-refractivity contribution < 1.29 is 13.6 Å². The first-order chi connectivity index (χ1) is 9.38. The van der Waals surface area contributed by atoms with Crippen LogP contribution in [0.5, 0.6) is 0 Å². The van der Waals surface area contributed by atoms with E-state index in [-0.39, 0.29) is 21.4 Å². The van der Waals surface area contributed by atoms with Gasteiger partial charge in [0.2, 0.25) is 0 Å². The van der Waals surface area contributed by atoms with Gasteiger partial charge in [-0.3, -0.25) is 4.79 Å². The van der Waals surface area contributed by atoms with Crippen LogP contribution in [0.25, 0.3) is 0 Å². The highest BCUT2D eigenvalue weighted by molar-refractivity contribution is 9.10. The second kappa shape index (κ2) is 5.46. The lowest BCUT2D eigenvalue weighted by Gasteiger charge is -2.12. The second-order valence-electron chi connectivity index (χ2n) is 4.04. The monoisotopic (exact) mass is 341 g/mol. The highest BCUT2D eigenvalue weighted by atomic mass is 79.9. The lowest BCUT2D eigenvalue weighted by molar-refractivity contribution is 0.100. The minimum atomic E-state index is -0.810. The second-order valence-corrected chi connectivity index (χ2v) is 4.95. The summed E-state index contributed by atoms with van der Waals surface area (Å²) in [5, 5.41) is 2.51. The van der Waals surface area contributed by atoms with Crippen LogP contribution in [0, 0.1) is 11.6 Å². The van der Waals surface area contributed by atoms with Crippen molar-refractivity contribution in [2.45, 2.75) is 0 Å². The molecule has 0 radical (unpaired) electrons. The van der Waals surface area contributed by atoms with Gasteiger partial charge in [-0.2, -0.15) is 0 Å². The van der Waals surface area contributed by atoms with Gasteiger partial charge >= 0.3 is 0 Å². The summed E-state index contributed by atoms with van der Waals surface area (Å²) in [7, 11) is 0. The Kier molecular flexibility index (Phi) is 3.89. The molecule has 0 aliphatic carbocycles. The molecule has 5 N–H and O–H groups in total. The van der Waals surface area contributed by atoms with Crippen LogP contribution in [0.15, 0.2) is 34.8 Å². The number of nitrogen functional groups attached to an aromatic ring is 1. The Morgan fingerprint density at radius 1 is 1.15 bits per heavy atom. The highest BCUT2D eigenvalue weighted by Gasteiger charge is 2.14. The topological polar surface area (TPSA) is 81.1 Å². The van der Waals surface area contributed by atoms with Crippen molar-refractivity contribution in [2.24, 2.45) is 5.73 Å². The van der Waals surface area contributed by atoms with E-state index in [0.29, 0.717) is 5.69 Å². The summed E-state index contributed by atoms with van der Waals surface area (Å²) in [6.07, 6.45) is 0. The fourth-order valence-electron chi connectivity index (χ4n) is 1.68. The SMILES string of the molecule is NC(=O)c1ccc(N)cc1Nc1c(F)cc(Br)cc1F. The zero-order valence-electron chi connectivity index (χ0n) is 10.1. The van der Waals surface area contributed by atoms with Crippen molar-refractivity contribution in [1.29, 1.82) is 0 Å². The highest BCUT2D eigenvalue weighted by Crippen LogP contribution is 2.29. The molecule has 0 aromatic heterocycles. The normalized spacial score (nSPS) is 10.3. The summed E-state index contributed by atoms with van der Waals surface area (Å²) in [6.45, 7) is 0. The lowest BCUT2D eigenvalue weighted by atomic mass is 10.1. The number of anilines is 3. The minimum absolute atomic E-state index is 0.0842. The van der Waals surface area contributed by atoms with E-state index < -0.39 is 17.5 Å². The molecule has 0 unspecified atom stereocenters. The quantitative estimate of drug-likeness (QED) is 0.750. The molecular formula is C13H10BrF2N3O. The standard InChI is InChI=1S/C13H10BrF2N3O/c14-6-3-9(15)12(10(16)4-6)19-11-5-7(17)1-2-8(11)13(18)20/h1-5,19H,17H2,(H2,18,20). The van der Waals surface area contributed by atoms with Crippen LogP contribution >= 0.6 is 15.9 Å². The number of halogens is 3. The van der Waals surface area contributed by atoms with E-state index in [0.717, 1.165) is 12.1 Å². The molecular weight excluding hydrogens is 332 g/mol. The van der Waals surface area contributed by atoms with Crippen LogP contribution in [0.3, 0.4) is 0 Å². The van der Waals surface area contributed by atoms with Crippen LogP contribution in [0.1, 0.15) is 10.4 Å². The number of rotatable bonds is 3. The van der Waals surface area contributed by atoms with Gasteiger partial charge in [0.15, 0.2) is 11.6 Å². The third-order valence-electron chi connectivity index (χ3n) is 2.58. The minimum Gasteiger partial charge on any atom is -0.399 e. The van der Waals surface area contributed by atoms with Crippen molar-refractivity contribution in [3.05, 3.63) is 52.0 Å². The Morgan fingerprint density at radius 3 is 2.30 bits per heavy atom. The van der Waals surface area contributed by atoms with E-state index in [2.05, 4.69) is 21.2 Å². The largest absolute Gasteiger partial charge is 0.399 e. The predicted octanol–water partition coefficient (Wildman–Crippen LogP) is 3.15. The fourth-order valence-corrected chi connectivity index (χ4v) is 2.08. The van der Waals surface area contributed by atoms with E-state index >= 15 is 0 Å². The first-order valence-corrected chi connectivity index (χ1v) is 6.28. The molecule has 20 heavy (non-hydrogen) atoms. The Labute approximate surface area is 121 Å². The van der Waals surface area contributed by atoms with Crippen LogP contribution in [0.4, 0.5) is 25.8 Å². The molecule has 0 heterocycles. The summed E-state index contributed by atoms with van der Waals surface area (Å²) in [4.78, 5) is 11.3. The van der Waals surface area contributed by atoms with Gasteiger partial charge in [0, 0.05) is 10.2 Å². The zero-order chi connectivity index (χ0) is 14.9. The Morgan fingerprint density at radius 2 is 1.75 bits per heavy atom. The smallest absolute Gasteiger partial charge is 0.250 e. The number of nitrogens with two attached hydrogens (primary N) is 2. The van der Waals surface area contributed by atoms with Gasteiger partial charge in [0.25, 0.3) is 5.91 Å². The number of primary amides is 1. The molecule has 4 nitrogen and oxygen atoms in total. The van der Waals surface area contributed by atoms with Gasteiger partial charge in [-0.05, 0) is 30.3 Å². The summed E-state index contributed by atoms with van der Waals surface area (Å²) >= 11 is 2.98. The van der Waals surface area contributed by atoms with Crippen molar-refractivity contribution in [1.82, 2.24) is 0 Å². The molecule has 2 aromatic carbocycles. The maximum atomic E-state index is 13.8. The maximum absolute atomic E-state index is 13.8. The summed E-state index contributed by atoms with van der Waals surface area (Å²) in [5.74, 6) is -2.35. The predicted molar refractivity (Wildman–Crippen MR) is 76.7 cm³/mol. The van der Waals surface area contributed by atoms with Gasteiger partial charge in [-0.15, -0.1) is 0 Å². The van der Waals surface area contributed by atoms with Gasteiger partial charge < -0.3 is 16.8 Å². The van der Waals surface area contributed by atoms with Crippen LogP contribution in [-0.2, 0) is 0 Å². The van der Waals surface area contributed by atoms with E-state index in [1.54, 1.807) is 0 Å². The first-order valence-electron chi connectivity index (χ1n) is 5.49. The number of benzene rings is 2. The van der Waals surface area contributed by atoms with E-state index in [1.165, 1.54) is 18.2 Å². The summed E-state index contributed by atoms with van der Waals surface area (Å²) < 4.78 is 27.8.